The van der Waals surface area contributed by atoms with Crippen molar-refractivity contribution >= 4 is 10.9 Å². The predicted molar refractivity (Wildman–Crippen MR) is 72.7 cm³/mol. The molecule has 0 aliphatic carbocycles. The van der Waals surface area contributed by atoms with Crippen molar-refractivity contribution in [2.75, 3.05) is 13.2 Å². The standard InChI is InChI=1S/C13H18N4O2/c1-10(2)16(7-8-18)9-17-13(19)11-5-3-4-6-12(11)14-15-17/h3-6,10,18H,7-9H2,1-2H3. The summed E-state index contributed by atoms with van der Waals surface area (Å²) in [5, 5.41) is 17.6. The Kier molecular flexibility index (Phi) is 4.24. The minimum absolute atomic E-state index is 0.0495. The van der Waals surface area contributed by atoms with Gasteiger partial charge in [0.15, 0.2) is 0 Å². The summed E-state index contributed by atoms with van der Waals surface area (Å²) < 4.78 is 1.33. The van der Waals surface area contributed by atoms with Crippen LogP contribution in [0, 0.1) is 0 Å². The van der Waals surface area contributed by atoms with Gasteiger partial charge in [-0.15, -0.1) is 5.10 Å². The average Bonchev–Trinajstić information content (AvgIpc) is 2.41. The summed E-state index contributed by atoms with van der Waals surface area (Å²) in [7, 11) is 0. The first kappa shape index (κ1) is 13.6. The maximum atomic E-state index is 12.3. The average molecular weight is 262 g/mol. The van der Waals surface area contributed by atoms with Gasteiger partial charge in [0.2, 0.25) is 0 Å². The largest absolute Gasteiger partial charge is 0.395 e. The van der Waals surface area contributed by atoms with Crippen LogP contribution >= 0.6 is 0 Å². The molecule has 0 amide bonds. The zero-order valence-corrected chi connectivity index (χ0v) is 11.2. The Morgan fingerprint density at radius 3 is 2.79 bits per heavy atom. The molecule has 1 aromatic carbocycles. The van der Waals surface area contributed by atoms with Gasteiger partial charge in [-0.25, -0.2) is 0 Å². The number of aliphatic hydroxyl groups is 1. The van der Waals surface area contributed by atoms with E-state index >= 15 is 0 Å². The van der Waals surface area contributed by atoms with Gasteiger partial charge in [0.1, 0.15) is 5.52 Å². The van der Waals surface area contributed by atoms with Crippen molar-refractivity contribution in [3.05, 3.63) is 34.6 Å². The van der Waals surface area contributed by atoms with E-state index in [-0.39, 0.29) is 18.2 Å². The lowest BCUT2D eigenvalue weighted by atomic mass is 10.2. The quantitative estimate of drug-likeness (QED) is 0.847. The summed E-state index contributed by atoms with van der Waals surface area (Å²) in [5.41, 5.74) is 0.441. The first-order chi connectivity index (χ1) is 9.13. The molecule has 0 aliphatic heterocycles. The number of fused-ring (bicyclic) bond motifs is 1. The topological polar surface area (TPSA) is 71.2 Å². The van der Waals surface area contributed by atoms with Crippen LogP contribution in [0.2, 0.25) is 0 Å². The molecule has 19 heavy (non-hydrogen) atoms. The molecule has 1 aromatic heterocycles. The fraction of sp³-hybridized carbons (Fsp3) is 0.462. The molecule has 1 N–H and O–H groups in total. The zero-order chi connectivity index (χ0) is 13.8. The first-order valence-electron chi connectivity index (χ1n) is 6.31. The first-order valence-corrected chi connectivity index (χ1v) is 6.31. The van der Waals surface area contributed by atoms with Crippen LogP contribution in [0.15, 0.2) is 29.1 Å². The molecule has 102 valence electrons. The van der Waals surface area contributed by atoms with Gasteiger partial charge in [0.25, 0.3) is 5.56 Å². The second-order valence-corrected chi connectivity index (χ2v) is 4.68. The summed E-state index contributed by atoms with van der Waals surface area (Å²) in [5.74, 6) is 0. The minimum atomic E-state index is -0.158. The van der Waals surface area contributed by atoms with Gasteiger partial charge in [0.05, 0.1) is 18.7 Å². The van der Waals surface area contributed by atoms with E-state index in [9.17, 15) is 4.79 Å². The maximum Gasteiger partial charge on any atom is 0.278 e. The summed E-state index contributed by atoms with van der Waals surface area (Å²) in [6.45, 7) is 4.89. The Labute approximate surface area is 111 Å². The SMILES string of the molecule is CC(C)N(CCO)Cn1nnc2ccccc2c1=O. The molecule has 0 unspecified atom stereocenters. The van der Waals surface area contributed by atoms with Crippen molar-refractivity contribution < 1.29 is 5.11 Å². The van der Waals surface area contributed by atoms with Crippen molar-refractivity contribution in [3.8, 4) is 0 Å². The molecule has 0 bridgehead atoms. The Balaban J connectivity index is 2.35. The second kappa shape index (κ2) is 5.90. The highest BCUT2D eigenvalue weighted by molar-refractivity contribution is 5.76. The second-order valence-electron chi connectivity index (χ2n) is 4.68. The third kappa shape index (κ3) is 2.97. The summed E-state index contributed by atoms with van der Waals surface area (Å²) >= 11 is 0. The molecule has 0 saturated carbocycles. The van der Waals surface area contributed by atoms with E-state index in [1.807, 2.05) is 30.9 Å². The number of nitrogens with zero attached hydrogens (tertiary/aromatic N) is 4. The Bertz CT molecular complexity index is 609. The van der Waals surface area contributed by atoms with Crippen LogP contribution in [0.1, 0.15) is 13.8 Å². The van der Waals surface area contributed by atoms with Crippen LogP contribution in [0.5, 0.6) is 0 Å². The normalized spacial score (nSPS) is 11.6. The fourth-order valence-electron chi connectivity index (χ4n) is 1.91. The van der Waals surface area contributed by atoms with Crippen molar-refractivity contribution in [2.45, 2.75) is 26.6 Å². The lowest BCUT2D eigenvalue weighted by molar-refractivity contribution is 0.123. The molecule has 6 nitrogen and oxygen atoms in total. The number of aliphatic hydroxyl groups excluding tert-OH is 1. The van der Waals surface area contributed by atoms with E-state index in [0.717, 1.165) is 0 Å². The molecule has 0 atom stereocenters. The fourth-order valence-corrected chi connectivity index (χ4v) is 1.91. The monoisotopic (exact) mass is 262 g/mol. The highest BCUT2D eigenvalue weighted by Crippen LogP contribution is 2.04. The van der Waals surface area contributed by atoms with E-state index < -0.39 is 0 Å². The molecule has 1 heterocycles. The number of benzene rings is 1. The van der Waals surface area contributed by atoms with Crippen LogP contribution in [-0.4, -0.2) is 44.2 Å². The van der Waals surface area contributed by atoms with Gasteiger partial charge in [-0.1, -0.05) is 17.3 Å². The van der Waals surface area contributed by atoms with E-state index in [1.165, 1.54) is 4.68 Å². The molecule has 0 aliphatic rings. The number of rotatable bonds is 5. The van der Waals surface area contributed by atoms with Crippen molar-refractivity contribution in [2.24, 2.45) is 0 Å². The number of aromatic nitrogens is 3. The molecular formula is C13H18N4O2. The van der Waals surface area contributed by atoms with Crippen molar-refractivity contribution in [1.29, 1.82) is 0 Å². The molecule has 2 aromatic rings. The molecule has 0 spiro atoms. The summed E-state index contributed by atoms with van der Waals surface area (Å²) in [6, 6.07) is 7.36. The van der Waals surface area contributed by atoms with E-state index in [4.69, 9.17) is 5.11 Å². The number of hydrogen-bond acceptors (Lipinski definition) is 5. The summed E-state index contributed by atoms with van der Waals surface area (Å²) in [6.07, 6.45) is 0. The third-order valence-electron chi connectivity index (χ3n) is 3.06. The third-order valence-corrected chi connectivity index (χ3v) is 3.06. The number of hydrogen-bond donors (Lipinski definition) is 1. The smallest absolute Gasteiger partial charge is 0.278 e. The maximum absolute atomic E-state index is 12.3. The van der Waals surface area contributed by atoms with Crippen molar-refractivity contribution in [3.63, 3.8) is 0 Å². The van der Waals surface area contributed by atoms with Gasteiger partial charge >= 0.3 is 0 Å². The zero-order valence-electron chi connectivity index (χ0n) is 11.2. The van der Waals surface area contributed by atoms with Crippen molar-refractivity contribution in [1.82, 2.24) is 19.9 Å². The Morgan fingerprint density at radius 2 is 2.11 bits per heavy atom. The molecule has 0 saturated heterocycles. The highest BCUT2D eigenvalue weighted by Gasteiger charge is 2.12. The molecule has 0 radical (unpaired) electrons. The Morgan fingerprint density at radius 1 is 1.37 bits per heavy atom. The van der Waals surface area contributed by atoms with E-state index in [1.54, 1.807) is 12.1 Å². The molecular weight excluding hydrogens is 244 g/mol. The van der Waals surface area contributed by atoms with Gasteiger partial charge < -0.3 is 5.11 Å². The lowest BCUT2D eigenvalue weighted by Gasteiger charge is -2.25. The van der Waals surface area contributed by atoms with E-state index in [0.29, 0.717) is 24.1 Å². The van der Waals surface area contributed by atoms with Crippen LogP contribution in [0.4, 0.5) is 0 Å². The minimum Gasteiger partial charge on any atom is -0.395 e. The Hall–Kier alpha value is -1.79. The van der Waals surface area contributed by atoms with Crippen LogP contribution < -0.4 is 5.56 Å². The van der Waals surface area contributed by atoms with Crippen LogP contribution in [0.3, 0.4) is 0 Å². The molecule has 0 fully saturated rings. The van der Waals surface area contributed by atoms with Crippen LogP contribution in [-0.2, 0) is 6.67 Å². The van der Waals surface area contributed by atoms with Gasteiger partial charge in [-0.2, -0.15) is 4.68 Å². The molecule has 2 rings (SSSR count). The lowest BCUT2D eigenvalue weighted by Crippen LogP contribution is -2.39. The summed E-state index contributed by atoms with van der Waals surface area (Å²) in [4.78, 5) is 14.2. The van der Waals surface area contributed by atoms with Gasteiger partial charge in [-0.3, -0.25) is 9.69 Å². The van der Waals surface area contributed by atoms with Gasteiger partial charge in [-0.05, 0) is 26.0 Å². The molecule has 6 heteroatoms. The van der Waals surface area contributed by atoms with Gasteiger partial charge in [0, 0.05) is 12.6 Å². The highest BCUT2D eigenvalue weighted by atomic mass is 16.3. The van der Waals surface area contributed by atoms with Crippen LogP contribution in [0.25, 0.3) is 10.9 Å². The van der Waals surface area contributed by atoms with E-state index in [2.05, 4.69) is 10.3 Å². The predicted octanol–water partition coefficient (Wildman–Crippen LogP) is 0.452.